The second-order valence-electron chi connectivity index (χ2n) is 4.56. The van der Waals surface area contributed by atoms with E-state index in [2.05, 4.69) is 10.2 Å². The van der Waals surface area contributed by atoms with Crippen LogP contribution >= 0.6 is 11.8 Å². The number of carboxylic acid groups (broad SMARTS) is 1. The van der Waals surface area contributed by atoms with Crippen LogP contribution in [0.5, 0.6) is 0 Å². The minimum atomic E-state index is -1.08. The van der Waals surface area contributed by atoms with Crippen LogP contribution in [0.2, 0.25) is 0 Å². The summed E-state index contributed by atoms with van der Waals surface area (Å²) < 4.78 is 0. The molecule has 1 fully saturated rings. The van der Waals surface area contributed by atoms with Crippen LogP contribution in [0.15, 0.2) is 24.3 Å². The van der Waals surface area contributed by atoms with E-state index in [1.165, 1.54) is 12.1 Å². The first-order chi connectivity index (χ1) is 9.68. The molecule has 0 bridgehead atoms. The fourth-order valence-corrected chi connectivity index (χ4v) is 3.09. The highest BCUT2D eigenvalue weighted by atomic mass is 32.2. The third-order valence-electron chi connectivity index (χ3n) is 3.22. The largest absolute Gasteiger partial charge is 0.478 e. The summed E-state index contributed by atoms with van der Waals surface area (Å²) in [6.07, 6.45) is 0. The second-order valence-corrected chi connectivity index (χ2v) is 5.79. The number of hydrogen-bond donors (Lipinski definition) is 2. The zero-order valence-electron chi connectivity index (χ0n) is 11.2. The van der Waals surface area contributed by atoms with Gasteiger partial charge in [-0.05, 0) is 12.1 Å². The lowest BCUT2D eigenvalue weighted by atomic mass is 10.1. The molecule has 1 aliphatic rings. The van der Waals surface area contributed by atoms with Crippen molar-refractivity contribution in [1.29, 1.82) is 0 Å². The minimum Gasteiger partial charge on any atom is -0.478 e. The number of carbonyl (C=O) groups is 2. The molecular weight excluding hydrogens is 276 g/mol. The molecule has 0 aliphatic carbocycles. The second kappa shape index (κ2) is 7.31. The lowest BCUT2D eigenvalue weighted by Gasteiger charge is -2.26. The average Bonchev–Trinajstić information content (AvgIpc) is 2.48. The Morgan fingerprint density at radius 2 is 1.85 bits per heavy atom. The average molecular weight is 294 g/mol. The van der Waals surface area contributed by atoms with Crippen LogP contribution in [0.25, 0.3) is 0 Å². The Hall–Kier alpha value is -1.53. The highest BCUT2D eigenvalue weighted by molar-refractivity contribution is 7.99. The van der Waals surface area contributed by atoms with Crippen LogP contribution in [0.4, 0.5) is 0 Å². The quantitative estimate of drug-likeness (QED) is 0.853. The number of amides is 1. The standard InChI is InChI=1S/C14H18N2O3S/c17-13(11-3-1-2-4-12(11)14(18)19)15-5-6-16-7-9-20-10-8-16/h1-4H,5-10H2,(H,15,17)(H,18,19). The van der Waals surface area contributed by atoms with Gasteiger partial charge in [-0.1, -0.05) is 12.1 Å². The molecule has 1 aliphatic heterocycles. The molecule has 0 unspecified atom stereocenters. The van der Waals surface area contributed by atoms with Crippen LogP contribution in [0.3, 0.4) is 0 Å². The summed E-state index contributed by atoms with van der Waals surface area (Å²) in [6.45, 7) is 3.44. The van der Waals surface area contributed by atoms with E-state index in [0.717, 1.165) is 31.1 Å². The van der Waals surface area contributed by atoms with Crippen molar-refractivity contribution in [3.05, 3.63) is 35.4 Å². The van der Waals surface area contributed by atoms with Crippen LogP contribution in [-0.4, -0.2) is 59.6 Å². The molecule has 20 heavy (non-hydrogen) atoms. The maximum Gasteiger partial charge on any atom is 0.336 e. The Bertz CT molecular complexity index is 487. The molecule has 1 saturated heterocycles. The molecule has 1 aromatic rings. The molecule has 2 rings (SSSR count). The maximum absolute atomic E-state index is 12.0. The highest BCUT2D eigenvalue weighted by Gasteiger charge is 2.16. The number of nitrogens with zero attached hydrogens (tertiary/aromatic N) is 1. The summed E-state index contributed by atoms with van der Waals surface area (Å²) in [7, 11) is 0. The number of aromatic carboxylic acids is 1. The van der Waals surface area contributed by atoms with Crippen LogP contribution in [0.1, 0.15) is 20.7 Å². The highest BCUT2D eigenvalue weighted by Crippen LogP contribution is 2.09. The summed E-state index contributed by atoms with van der Waals surface area (Å²) >= 11 is 1.95. The first-order valence-electron chi connectivity index (χ1n) is 6.59. The van der Waals surface area contributed by atoms with Crippen molar-refractivity contribution in [3.8, 4) is 0 Å². The molecule has 1 aromatic carbocycles. The molecule has 0 radical (unpaired) electrons. The molecule has 1 amide bonds. The fourth-order valence-electron chi connectivity index (χ4n) is 2.12. The number of carbonyl (C=O) groups excluding carboxylic acids is 1. The van der Waals surface area contributed by atoms with E-state index in [1.54, 1.807) is 12.1 Å². The third kappa shape index (κ3) is 3.98. The molecule has 108 valence electrons. The number of benzene rings is 1. The van der Waals surface area contributed by atoms with Gasteiger partial charge in [-0.25, -0.2) is 4.79 Å². The number of nitrogens with one attached hydrogen (secondary N) is 1. The van der Waals surface area contributed by atoms with E-state index >= 15 is 0 Å². The Balaban J connectivity index is 1.87. The number of carboxylic acids is 1. The van der Waals surface area contributed by atoms with E-state index in [1.807, 2.05) is 11.8 Å². The van der Waals surface area contributed by atoms with Crippen molar-refractivity contribution in [2.75, 3.05) is 37.7 Å². The van der Waals surface area contributed by atoms with E-state index in [4.69, 9.17) is 5.11 Å². The summed E-state index contributed by atoms with van der Waals surface area (Å²) in [5.74, 6) is 0.865. The minimum absolute atomic E-state index is 0.0411. The summed E-state index contributed by atoms with van der Waals surface area (Å²) in [6, 6.07) is 6.27. The molecule has 0 aromatic heterocycles. The Labute approximate surface area is 122 Å². The zero-order valence-corrected chi connectivity index (χ0v) is 12.0. The number of rotatable bonds is 5. The van der Waals surface area contributed by atoms with Gasteiger partial charge in [0.05, 0.1) is 11.1 Å². The smallest absolute Gasteiger partial charge is 0.336 e. The van der Waals surface area contributed by atoms with Crippen LogP contribution < -0.4 is 5.32 Å². The van der Waals surface area contributed by atoms with Crippen molar-refractivity contribution in [1.82, 2.24) is 10.2 Å². The lowest BCUT2D eigenvalue weighted by Crippen LogP contribution is -2.39. The van der Waals surface area contributed by atoms with E-state index < -0.39 is 5.97 Å². The lowest BCUT2D eigenvalue weighted by molar-refractivity contribution is 0.0691. The van der Waals surface area contributed by atoms with Crippen LogP contribution in [0, 0.1) is 0 Å². The van der Waals surface area contributed by atoms with Crippen LogP contribution in [-0.2, 0) is 0 Å². The molecule has 0 spiro atoms. The number of thioether (sulfide) groups is 1. The van der Waals surface area contributed by atoms with Gasteiger partial charge in [0, 0.05) is 37.7 Å². The molecule has 1 heterocycles. The third-order valence-corrected chi connectivity index (χ3v) is 4.16. The van der Waals surface area contributed by atoms with Gasteiger partial charge in [0.25, 0.3) is 5.91 Å². The summed E-state index contributed by atoms with van der Waals surface area (Å²) in [5.41, 5.74) is 0.258. The van der Waals surface area contributed by atoms with Gasteiger partial charge >= 0.3 is 5.97 Å². The number of hydrogen-bond acceptors (Lipinski definition) is 4. The monoisotopic (exact) mass is 294 g/mol. The normalized spacial score (nSPS) is 15.8. The van der Waals surface area contributed by atoms with Gasteiger partial charge < -0.3 is 10.4 Å². The Morgan fingerprint density at radius 3 is 2.50 bits per heavy atom. The predicted molar refractivity (Wildman–Crippen MR) is 79.5 cm³/mol. The molecule has 5 nitrogen and oxygen atoms in total. The molecule has 2 N–H and O–H groups in total. The maximum atomic E-state index is 12.0. The SMILES string of the molecule is O=C(O)c1ccccc1C(=O)NCCN1CCSCC1. The van der Waals surface area contributed by atoms with Gasteiger partial charge in [0.2, 0.25) is 0 Å². The summed E-state index contributed by atoms with van der Waals surface area (Å²) in [4.78, 5) is 25.4. The molecule has 0 saturated carbocycles. The van der Waals surface area contributed by atoms with Gasteiger partial charge in [-0.15, -0.1) is 0 Å². The Kier molecular flexibility index (Phi) is 5.43. The zero-order chi connectivity index (χ0) is 14.4. The Morgan fingerprint density at radius 1 is 1.20 bits per heavy atom. The predicted octanol–water partition coefficient (Wildman–Crippen LogP) is 1.16. The topological polar surface area (TPSA) is 69.6 Å². The van der Waals surface area contributed by atoms with Crippen molar-refractivity contribution in [3.63, 3.8) is 0 Å². The van der Waals surface area contributed by atoms with Gasteiger partial charge in [0.1, 0.15) is 0 Å². The van der Waals surface area contributed by atoms with E-state index in [-0.39, 0.29) is 17.0 Å². The summed E-state index contributed by atoms with van der Waals surface area (Å²) in [5, 5.41) is 11.8. The van der Waals surface area contributed by atoms with E-state index in [9.17, 15) is 9.59 Å². The van der Waals surface area contributed by atoms with Gasteiger partial charge in [-0.3, -0.25) is 9.69 Å². The van der Waals surface area contributed by atoms with Gasteiger partial charge in [-0.2, -0.15) is 11.8 Å². The van der Waals surface area contributed by atoms with Crippen molar-refractivity contribution >= 4 is 23.6 Å². The molecule has 0 atom stereocenters. The van der Waals surface area contributed by atoms with Gasteiger partial charge in [0.15, 0.2) is 0 Å². The van der Waals surface area contributed by atoms with Crippen molar-refractivity contribution in [2.24, 2.45) is 0 Å². The first kappa shape index (κ1) is 14.9. The fraction of sp³-hybridized carbons (Fsp3) is 0.429. The molecule has 6 heteroatoms. The first-order valence-corrected chi connectivity index (χ1v) is 7.74. The van der Waals surface area contributed by atoms with Crippen molar-refractivity contribution in [2.45, 2.75) is 0 Å². The molecular formula is C14H18N2O3S. The van der Waals surface area contributed by atoms with E-state index in [0.29, 0.717) is 6.54 Å². The van der Waals surface area contributed by atoms with Crippen molar-refractivity contribution < 1.29 is 14.7 Å².